The number of esters is 1. The van der Waals surface area contributed by atoms with E-state index in [4.69, 9.17) is 9.47 Å². The summed E-state index contributed by atoms with van der Waals surface area (Å²) in [7, 11) is 3.23. The van der Waals surface area contributed by atoms with Gasteiger partial charge in [-0.3, -0.25) is 4.79 Å². The Kier molecular flexibility index (Phi) is 5.71. The molecule has 0 aliphatic heterocycles. The zero-order valence-corrected chi connectivity index (χ0v) is 16.2. The van der Waals surface area contributed by atoms with Crippen molar-refractivity contribution in [2.45, 2.75) is 13.0 Å². The summed E-state index contributed by atoms with van der Waals surface area (Å²) >= 11 is 1.55. The molecule has 0 fully saturated rings. The Balaban J connectivity index is 1.60. The van der Waals surface area contributed by atoms with Crippen molar-refractivity contribution in [1.82, 2.24) is 9.88 Å². The van der Waals surface area contributed by atoms with Crippen molar-refractivity contribution in [3.8, 4) is 5.75 Å². The molecule has 27 heavy (non-hydrogen) atoms. The number of para-hydroxylation sites is 1. The van der Waals surface area contributed by atoms with Crippen LogP contribution in [0.5, 0.6) is 5.75 Å². The normalized spacial score (nSPS) is 11.8. The molecular formula is C20H20N2O4S. The number of carbonyl (C=O) groups excluding carboxylic acids is 2. The number of likely N-dealkylation sites (N-methyl/N-ethyl adjacent to an activating group) is 1. The second kappa shape index (κ2) is 8.18. The molecular weight excluding hydrogens is 364 g/mol. The highest BCUT2D eigenvalue weighted by Crippen LogP contribution is 2.28. The molecule has 3 aromatic rings. The predicted octanol–water partition coefficient (Wildman–Crippen LogP) is 3.68. The summed E-state index contributed by atoms with van der Waals surface area (Å²) in [5.41, 5.74) is 1.28. The van der Waals surface area contributed by atoms with Crippen LogP contribution in [0.15, 0.2) is 48.5 Å². The van der Waals surface area contributed by atoms with E-state index in [0.717, 1.165) is 15.2 Å². The summed E-state index contributed by atoms with van der Waals surface area (Å²) in [5.74, 6) is -0.192. The molecule has 0 radical (unpaired) electrons. The number of rotatable bonds is 6. The van der Waals surface area contributed by atoms with E-state index in [1.807, 2.05) is 31.2 Å². The topological polar surface area (TPSA) is 68.7 Å². The van der Waals surface area contributed by atoms with Crippen molar-refractivity contribution >= 4 is 33.4 Å². The van der Waals surface area contributed by atoms with E-state index in [1.54, 1.807) is 54.7 Å². The third-order valence-electron chi connectivity index (χ3n) is 4.29. The summed E-state index contributed by atoms with van der Waals surface area (Å²) < 4.78 is 11.3. The minimum Gasteiger partial charge on any atom is -0.497 e. The van der Waals surface area contributed by atoms with E-state index >= 15 is 0 Å². The van der Waals surface area contributed by atoms with Crippen molar-refractivity contribution < 1.29 is 19.1 Å². The van der Waals surface area contributed by atoms with Gasteiger partial charge in [0, 0.05) is 7.05 Å². The van der Waals surface area contributed by atoms with Crippen LogP contribution in [0.4, 0.5) is 0 Å². The van der Waals surface area contributed by atoms with Crippen LogP contribution in [0.2, 0.25) is 0 Å². The first kappa shape index (κ1) is 18.8. The first-order valence-corrected chi connectivity index (χ1v) is 9.23. The number of ether oxygens (including phenoxy) is 2. The molecule has 3 rings (SSSR count). The molecule has 0 saturated carbocycles. The van der Waals surface area contributed by atoms with E-state index < -0.39 is 5.97 Å². The molecule has 1 aromatic heterocycles. The van der Waals surface area contributed by atoms with E-state index in [0.29, 0.717) is 11.3 Å². The number of hydrogen-bond donors (Lipinski definition) is 0. The molecule has 0 unspecified atom stereocenters. The van der Waals surface area contributed by atoms with Crippen LogP contribution >= 0.6 is 11.3 Å². The molecule has 0 bridgehead atoms. The summed E-state index contributed by atoms with van der Waals surface area (Å²) in [6, 6.07) is 14.2. The maximum Gasteiger partial charge on any atom is 0.338 e. The van der Waals surface area contributed by atoms with E-state index in [-0.39, 0.29) is 18.6 Å². The molecule has 1 amide bonds. The summed E-state index contributed by atoms with van der Waals surface area (Å²) in [6.07, 6.45) is 0. The smallest absolute Gasteiger partial charge is 0.338 e. The number of amides is 1. The van der Waals surface area contributed by atoms with Crippen LogP contribution < -0.4 is 4.74 Å². The maximum atomic E-state index is 12.4. The Morgan fingerprint density at radius 2 is 1.85 bits per heavy atom. The van der Waals surface area contributed by atoms with Crippen molar-refractivity contribution in [3.05, 3.63) is 59.1 Å². The zero-order valence-electron chi connectivity index (χ0n) is 15.3. The Labute approximate surface area is 161 Å². The molecule has 6 nitrogen and oxygen atoms in total. The first-order valence-electron chi connectivity index (χ1n) is 8.42. The first-order chi connectivity index (χ1) is 13.0. The average Bonchev–Trinajstić information content (AvgIpc) is 3.15. The number of benzene rings is 2. The Morgan fingerprint density at radius 1 is 1.15 bits per heavy atom. The maximum absolute atomic E-state index is 12.4. The van der Waals surface area contributed by atoms with Crippen molar-refractivity contribution in [1.29, 1.82) is 0 Å². The van der Waals surface area contributed by atoms with E-state index in [9.17, 15) is 9.59 Å². The Hall–Kier alpha value is -2.93. The molecule has 2 aromatic carbocycles. The summed E-state index contributed by atoms with van der Waals surface area (Å²) in [6.45, 7) is 1.58. The second-order valence-corrected chi connectivity index (χ2v) is 7.07. The lowest BCUT2D eigenvalue weighted by Crippen LogP contribution is -2.33. The van der Waals surface area contributed by atoms with Gasteiger partial charge < -0.3 is 14.4 Å². The Bertz CT molecular complexity index is 919. The quantitative estimate of drug-likeness (QED) is 0.607. The highest BCUT2D eigenvalue weighted by Gasteiger charge is 2.22. The van der Waals surface area contributed by atoms with Gasteiger partial charge in [0.1, 0.15) is 10.8 Å². The van der Waals surface area contributed by atoms with Crippen LogP contribution in [0.3, 0.4) is 0 Å². The molecule has 0 aliphatic carbocycles. The number of hydrogen-bond acceptors (Lipinski definition) is 6. The molecule has 0 aliphatic rings. The number of thiazole rings is 1. The number of aromatic nitrogens is 1. The Morgan fingerprint density at radius 3 is 2.52 bits per heavy atom. The van der Waals surface area contributed by atoms with Gasteiger partial charge in [-0.05, 0) is 43.3 Å². The molecule has 0 spiro atoms. The average molecular weight is 384 g/mol. The molecule has 1 heterocycles. The lowest BCUT2D eigenvalue weighted by Gasteiger charge is -2.23. The van der Waals surface area contributed by atoms with Gasteiger partial charge in [0.15, 0.2) is 6.61 Å². The van der Waals surface area contributed by atoms with Crippen LogP contribution in [-0.2, 0) is 9.53 Å². The van der Waals surface area contributed by atoms with Gasteiger partial charge in [-0.25, -0.2) is 9.78 Å². The van der Waals surface area contributed by atoms with Gasteiger partial charge in [-0.2, -0.15) is 0 Å². The minimum atomic E-state index is -0.549. The second-order valence-electron chi connectivity index (χ2n) is 6.01. The van der Waals surface area contributed by atoms with Gasteiger partial charge >= 0.3 is 5.97 Å². The third-order valence-corrected chi connectivity index (χ3v) is 5.50. The standard InChI is InChI=1S/C20H20N2O4S/c1-13(19-21-16-6-4-5-7-17(16)27-19)22(2)18(23)12-26-20(24)14-8-10-15(25-3)11-9-14/h4-11,13H,12H2,1-3H3/t13-/m1/s1. The number of methoxy groups -OCH3 is 1. The van der Waals surface area contributed by atoms with Gasteiger partial charge in [-0.15, -0.1) is 11.3 Å². The van der Waals surface area contributed by atoms with Crippen molar-refractivity contribution in [3.63, 3.8) is 0 Å². The van der Waals surface area contributed by atoms with E-state index in [1.165, 1.54) is 0 Å². The van der Waals surface area contributed by atoms with Gasteiger partial charge in [0.25, 0.3) is 5.91 Å². The molecule has 0 saturated heterocycles. The number of fused-ring (bicyclic) bond motifs is 1. The van der Waals surface area contributed by atoms with Gasteiger partial charge in [-0.1, -0.05) is 12.1 Å². The zero-order chi connectivity index (χ0) is 19.4. The lowest BCUT2D eigenvalue weighted by atomic mass is 10.2. The summed E-state index contributed by atoms with van der Waals surface area (Å²) in [5, 5.41) is 0.841. The fourth-order valence-electron chi connectivity index (χ4n) is 2.49. The fourth-order valence-corrected chi connectivity index (χ4v) is 3.55. The molecule has 7 heteroatoms. The SMILES string of the molecule is COc1ccc(C(=O)OCC(=O)N(C)[C@H](C)c2nc3ccccc3s2)cc1. The van der Waals surface area contributed by atoms with Crippen molar-refractivity contribution in [2.75, 3.05) is 20.8 Å². The third kappa shape index (κ3) is 4.25. The molecule has 0 N–H and O–H groups in total. The van der Waals surface area contributed by atoms with E-state index in [2.05, 4.69) is 4.98 Å². The van der Waals surface area contributed by atoms with Crippen LogP contribution in [0, 0.1) is 0 Å². The minimum absolute atomic E-state index is 0.213. The lowest BCUT2D eigenvalue weighted by molar-refractivity contribution is -0.135. The predicted molar refractivity (Wildman–Crippen MR) is 104 cm³/mol. The molecule has 1 atom stereocenters. The van der Waals surface area contributed by atoms with Crippen LogP contribution in [0.25, 0.3) is 10.2 Å². The van der Waals surface area contributed by atoms with Gasteiger partial charge in [0.2, 0.25) is 0 Å². The number of carbonyl (C=O) groups is 2. The highest BCUT2D eigenvalue weighted by atomic mass is 32.1. The van der Waals surface area contributed by atoms with Crippen molar-refractivity contribution in [2.24, 2.45) is 0 Å². The van der Waals surface area contributed by atoms with Gasteiger partial charge in [0.05, 0.1) is 28.9 Å². The summed E-state index contributed by atoms with van der Waals surface area (Å²) in [4.78, 5) is 30.6. The van der Waals surface area contributed by atoms with Crippen LogP contribution in [-0.4, -0.2) is 42.5 Å². The fraction of sp³-hybridized carbons (Fsp3) is 0.250. The largest absolute Gasteiger partial charge is 0.497 e. The molecule has 140 valence electrons. The number of nitrogens with zero attached hydrogens (tertiary/aromatic N) is 2. The highest BCUT2D eigenvalue weighted by molar-refractivity contribution is 7.18. The van der Waals surface area contributed by atoms with Crippen LogP contribution in [0.1, 0.15) is 28.3 Å². The monoisotopic (exact) mass is 384 g/mol.